The van der Waals surface area contributed by atoms with Gasteiger partial charge < -0.3 is 4.98 Å². The van der Waals surface area contributed by atoms with Crippen molar-refractivity contribution in [2.24, 2.45) is 0 Å². The fraction of sp³-hybridized carbons (Fsp3) is 0. The van der Waals surface area contributed by atoms with E-state index in [0.29, 0.717) is 10.0 Å². The second kappa shape index (κ2) is 3.54. The van der Waals surface area contributed by atoms with Crippen LogP contribution in [0.1, 0.15) is 0 Å². The number of hydrogen-bond acceptors (Lipinski definition) is 1. The fourth-order valence-electron chi connectivity index (χ4n) is 1.78. The summed E-state index contributed by atoms with van der Waals surface area (Å²) < 4.78 is 0. The molecule has 0 bridgehead atoms. The monoisotopic (exact) mass is 251 g/mol. The van der Waals surface area contributed by atoms with Crippen LogP contribution in [0.15, 0.2) is 30.7 Å². The molecule has 3 rings (SSSR count). The van der Waals surface area contributed by atoms with E-state index in [0.717, 1.165) is 22.0 Å². The van der Waals surface area contributed by atoms with Gasteiger partial charge in [-0.15, -0.1) is 0 Å². The van der Waals surface area contributed by atoms with E-state index in [1.54, 1.807) is 12.3 Å². The predicted molar refractivity (Wildman–Crippen MR) is 65.9 cm³/mol. The van der Waals surface area contributed by atoms with Crippen LogP contribution in [0.4, 0.5) is 0 Å². The molecule has 0 saturated heterocycles. The van der Waals surface area contributed by atoms with Crippen molar-refractivity contribution in [3.8, 4) is 11.1 Å². The Bertz CT molecular complexity index is 641. The van der Waals surface area contributed by atoms with E-state index >= 15 is 0 Å². The summed E-state index contributed by atoms with van der Waals surface area (Å²) in [5, 5.41) is 8.85. The van der Waals surface area contributed by atoms with E-state index in [-0.39, 0.29) is 0 Å². The molecule has 0 amide bonds. The van der Waals surface area contributed by atoms with E-state index in [1.165, 1.54) is 0 Å². The zero-order valence-electron chi connectivity index (χ0n) is 8.09. The quantitative estimate of drug-likeness (QED) is 0.678. The first kappa shape index (κ1) is 9.75. The molecular formula is C11H7Cl2N3. The summed E-state index contributed by atoms with van der Waals surface area (Å²) in [6.45, 7) is 0. The number of aromatic amines is 2. The third-order valence-electron chi connectivity index (χ3n) is 2.56. The molecule has 16 heavy (non-hydrogen) atoms. The second-order valence-electron chi connectivity index (χ2n) is 3.47. The van der Waals surface area contributed by atoms with Crippen molar-refractivity contribution in [2.75, 3.05) is 0 Å². The zero-order valence-corrected chi connectivity index (χ0v) is 9.60. The minimum Gasteiger partial charge on any atom is -0.359 e. The van der Waals surface area contributed by atoms with Crippen molar-refractivity contribution in [1.29, 1.82) is 0 Å². The van der Waals surface area contributed by atoms with E-state index < -0.39 is 0 Å². The summed E-state index contributed by atoms with van der Waals surface area (Å²) in [6, 6.07) is 3.74. The second-order valence-corrected chi connectivity index (χ2v) is 4.26. The molecule has 1 aromatic carbocycles. The van der Waals surface area contributed by atoms with Gasteiger partial charge in [-0.05, 0) is 6.07 Å². The number of H-pyrrole nitrogens is 2. The van der Waals surface area contributed by atoms with Gasteiger partial charge in [0, 0.05) is 28.9 Å². The Balaban J connectivity index is 2.34. The number of nitrogens with zero attached hydrogens (tertiary/aromatic N) is 1. The summed E-state index contributed by atoms with van der Waals surface area (Å²) >= 11 is 12.1. The lowest BCUT2D eigenvalue weighted by Gasteiger charge is -1.98. The van der Waals surface area contributed by atoms with Crippen molar-refractivity contribution < 1.29 is 0 Å². The molecule has 2 heterocycles. The summed E-state index contributed by atoms with van der Waals surface area (Å²) in [4.78, 5) is 3.13. The Labute approximate surface area is 101 Å². The van der Waals surface area contributed by atoms with Gasteiger partial charge in [-0.25, -0.2) is 0 Å². The summed E-state index contributed by atoms with van der Waals surface area (Å²) in [6.07, 6.45) is 5.51. The minimum absolute atomic E-state index is 0.550. The standard InChI is InChI=1S/C11H7Cl2N3/c12-9-2-1-7-8(6-3-15-16-4-6)5-14-11(7)10(9)13/h1-5,14H,(H,15,16). The van der Waals surface area contributed by atoms with Crippen LogP contribution in [-0.4, -0.2) is 15.2 Å². The van der Waals surface area contributed by atoms with Gasteiger partial charge in [0.15, 0.2) is 0 Å². The van der Waals surface area contributed by atoms with E-state index in [9.17, 15) is 0 Å². The van der Waals surface area contributed by atoms with Gasteiger partial charge in [0.2, 0.25) is 0 Å². The van der Waals surface area contributed by atoms with Crippen molar-refractivity contribution in [2.45, 2.75) is 0 Å². The van der Waals surface area contributed by atoms with Crippen molar-refractivity contribution in [1.82, 2.24) is 15.2 Å². The number of aromatic nitrogens is 3. The first-order valence-electron chi connectivity index (χ1n) is 4.71. The summed E-state index contributed by atoms with van der Waals surface area (Å²) in [5.74, 6) is 0. The maximum absolute atomic E-state index is 6.11. The lowest BCUT2D eigenvalue weighted by Crippen LogP contribution is -1.74. The molecule has 0 fully saturated rings. The highest BCUT2D eigenvalue weighted by molar-refractivity contribution is 6.45. The molecule has 3 nitrogen and oxygen atoms in total. The van der Waals surface area contributed by atoms with Crippen LogP contribution in [0.2, 0.25) is 10.0 Å². The van der Waals surface area contributed by atoms with E-state index in [1.807, 2.05) is 18.5 Å². The van der Waals surface area contributed by atoms with Gasteiger partial charge in [0.05, 0.1) is 21.8 Å². The van der Waals surface area contributed by atoms with E-state index in [2.05, 4.69) is 15.2 Å². The van der Waals surface area contributed by atoms with Crippen molar-refractivity contribution in [3.05, 3.63) is 40.8 Å². The highest BCUT2D eigenvalue weighted by Crippen LogP contribution is 2.35. The van der Waals surface area contributed by atoms with Gasteiger partial charge in [-0.3, -0.25) is 5.10 Å². The number of halogens is 2. The first-order chi connectivity index (χ1) is 7.77. The average molecular weight is 252 g/mol. The van der Waals surface area contributed by atoms with Crippen LogP contribution >= 0.6 is 23.2 Å². The van der Waals surface area contributed by atoms with Gasteiger partial charge in [0.1, 0.15) is 0 Å². The summed E-state index contributed by atoms with van der Waals surface area (Å²) in [5.41, 5.74) is 2.93. The number of rotatable bonds is 1. The van der Waals surface area contributed by atoms with Crippen molar-refractivity contribution >= 4 is 34.1 Å². The topological polar surface area (TPSA) is 44.5 Å². The molecule has 0 aliphatic rings. The Morgan fingerprint density at radius 3 is 2.75 bits per heavy atom. The van der Waals surface area contributed by atoms with Gasteiger partial charge >= 0.3 is 0 Å². The molecule has 2 N–H and O–H groups in total. The third kappa shape index (κ3) is 1.32. The smallest absolute Gasteiger partial charge is 0.0833 e. The van der Waals surface area contributed by atoms with Gasteiger partial charge in [0.25, 0.3) is 0 Å². The molecule has 0 aliphatic carbocycles. The van der Waals surface area contributed by atoms with Crippen LogP contribution < -0.4 is 0 Å². The van der Waals surface area contributed by atoms with Crippen LogP contribution in [0, 0.1) is 0 Å². The zero-order chi connectivity index (χ0) is 11.1. The van der Waals surface area contributed by atoms with Crippen LogP contribution in [0.3, 0.4) is 0 Å². The first-order valence-corrected chi connectivity index (χ1v) is 5.47. The minimum atomic E-state index is 0.550. The highest BCUT2D eigenvalue weighted by atomic mass is 35.5. The van der Waals surface area contributed by atoms with Gasteiger partial charge in [-0.1, -0.05) is 29.3 Å². The van der Waals surface area contributed by atoms with Gasteiger partial charge in [-0.2, -0.15) is 5.10 Å². The Hall–Kier alpha value is -1.45. The highest BCUT2D eigenvalue weighted by Gasteiger charge is 2.11. The third-order valence-corrected chi connectivity index (χ3v) is 3.36. The molecule has 3 aromatic rings. The lowest BCUT2D eigenvalue weighted by molar-refractivity contribution is 1.09. The molecule has 2 aromatic heterocycles. The number of benzene rings is 1. The normalized spacial score (nSPS) is 11.1. The average Bonchev–Trinajstić information content (AvgIpc) is 2.91. The molecule has 0 saturated carbocycles. The summed E-state index contributed by atoms with van der Waals surface area (Å²) in [7, 11) is 0. The van der Waals surface area contributed by atoms with Crippen molar-refractivity contribution in [3.63, 3.8) is 0 Å². The molecule has 0 radical (unpaired) electrons. The molecular weight excluding hydrogens is 245 g/mol. The Morgan fingerprint density at radius 2 is 2.00 bits per heavy atom. The fourth-order valence-corrected chi connectivity index (χ4v) is 2.15. The molecule has 80 valence electrons. The molecule has 0 aliphatic heterocycles. The number of nitrogens with one attached hydrogen (secondary N) is 2. The molecule has 5 heteroatoms. The SMILES string of the molecule is Clc1ccc2c(-c3cn[nH]c3)c[nH]c2c1Cl. The Morgan fingerprint density at radius 1 is 1.12 bits per heavy atom. The molecule has 0 atom stereocenters. The number of fused-ring (bicyclic) bond motifs is 1. The Kier molecular flexibility index (Phi) is 2.16. The van der Waals surface area contributed by atoms with Crippen LogP contribution in [-0.2, 0) is 0 Å². The largest absolute Gasteiger partial charge is 0.359 e. The molecule has 0 unspecified atom stereocenters. The maximum atomic E-state index is 6.11. The van der Waals surface area contributed by atoms with E-state index in [4.69, 9.17) is 23.2 Å². The number of hydrogen-bond donors (Lipinski definition) is 2. The predicted octanol–water partition coefficient (Wildman–Crippen LogP) is 3.86. The maximum Gasteiger partial charge on any atom is 0.0833 e. The lowest BCUT2D eigenvalue weighted by atomic mass is 10.1. The molecule has 0 spiro atoms. The van der Waals surface area contributed by atoms with Crippen LogP contribution in [0.25, 0.3) is 22.0 Å². The van der Waals surface area contributed by atoms with Crippen LogP contribution in [0.5, 0.6) is 0 Å².